The van der Waals surface area contributed by atoms with Crippen molar-refractivity contribution in [2.45, 2.75) is 26.5 Å². The minimum atomic E-state index is -0.414. The lowest BCUT2D eigenvalue weighted by Crippen LogP contribution is -2.44. The molecule has 0 aromatic heterocycles. The van der Waals surface area contributed by atoms with E-state index < -0.39 is 6.23 Å². The molecule has 1 unspecified atom stereocenters. The Kier molecular flexibility index (Phi) is 6.90. The highest BCUT2D eigenvalue weighted by Crippen LogP contribution is 2.02. The molecule has 0 spiro atoms. The molecule has 88 valence electrons. The first-order valence-corrected chi connectivity index (χ1v) is 4.89. The number of methoxy groups -OCH3 is 2. The first-order valence-electron chi connectivity index (χ1n) is 4.89. The molecule has 0 saturated heterocycles. The highest BCUT2D eigenvalue weighted by Gasteiger charge is 2.21. The molecule has 0 radical (unpaired) electrons. The zero-order valence-electron chi connectivity index (χ0n) is 9.78. The van der Waals surface area contributed by atoms with Crippen LogP contribution in [0.1, 0.15) is 20.3 Å². The molecule has 1 atom stereocenters. The van der Waals surface area contributed by atoms with E-state index in [2.05, 4.69) is 0 Å². The van der Waals surface area contributed by atoms with Crippen LogP contribution >= 0.6 is 0 Å². The fraction of sp³-hybridized carbons (Fsp3) is 0.800. The lowest BCUT2D eigenvalue weighted by Gasteiger charge is -2.27. The Balaban J connectivity index is 4.43. The Labute approximate surface area is 90.3 Å². The van der Waals surface area contributed by atoms with Crippen molar-refractivity contribution in [2.75, 3.05) is 27.4 Å². The molecule has 0 bridgehead atoms. The Morgan fingerprint density at radius 1 is 1.33 bits per heavy atom. The summed E-state index contributed by atoms with van der Waals surface area (Å²) in [5.74, 6) is -0.239. The van der Waals surface area contributed by atoms with Gasteiger partial charge in [-0.2, -0.15) is 0 Å². The summed E-state index contributed by atoms with van der Waals surface area (Å²) < 4.78 is 9.76. The average Bonchev–Trinajstić information content (AvgIpc) is 2.24. The zero-order valence-corrected chi connectivity index (χ0v) is 9.78. The Morgan fingerprint density at radius 2 is 1.93 bits per heavy atom. The fourth-order valence-corrected chi connectivity index (χ4v) is 1.05. The number of hydrogen-bond acceptors (Lipinski definition) is 4. The normalized spacial score (nSPS) is 12.3. The van der Waals surface area contributed by atoms with Crippen molar-refractivity contribution in [2.24, 2.45) is 0 Å². The second-order valence-corrected chi connectivity index (χ2v) is 3.18. The number of nitrogens with zero attached hydrogens (tertiary/aromatic N) is 1. The number of hydrogen-bond donors (Lipinski definition) is 0. The van der Waals surface area contributed by atoms with Gasteiger partial charge in [0.25, 0.3) is 5.91 Å². The molecular formula is C10H19NO4. The van der Waals surface area contributed by atoms with E-state index in [4.69, 9.17) is 9.47 Å². The summed E-state index contributed by atoms with van der Waals surface area (Å²) in [4.78, 5) is 24.2. The van der Waals surface area contributed by atoms with Crippen LogP contribution in [-0.2, 0) is 19.1 Å². The Hall–Kier alpha value is -0.940. The maximum atomic E-state index is 11.6. The van der Waals surface area contributed by atoms with E-state index in [0.717, 1.165) is 0 Å². The van der Waals surface area contributed by atoms with Gasteiger partial charge >= 0.3 is 0 Å². The Morgan fingerprint density at radius 3 is 2.33 bits per heavy atom. The van der Waals surface area contributed by atoms with Crippen molar-refractivity contribution in [3.63, 3.8) is 0 Å². The summed E-state index contributed by atoms with van der Waals surface area (Å²) in [5, 5.41) is 0. The number of amides is 1. The molecule has 1 amide bonds. The van der Waals surface area contributed by atoms with E-state index in [1.807, 2.05) is 0 Å². The van der Waals surface area contributed by atoms with Gasteiger partial charge in [-0.05, 0) is 6.92 Å². The Bertz CT molecular complexity index is 217. The number of Topliss-reactive ketones (excluding diaryl/α,β-unsaturated/α-hetero) is 1. The molecule has 0 fully saturated rings. The number of ether oxygens (including phenoxy) is 2. The summed E-state index contributed by atoms with van der Waals surface area (Å²) in [5.41, 5.74) is 0. The number of rotatable bonds is 7. The first-order chi connectivity index (χ1) is 7.06. The van der Waals surface area contributed by atoms with E-state index in [0.29, 0.717) is 6.42 Å². The molecule has 5 heteroatoms. The molecule has 5 nitrogen and oxygen atoms in total. The van der Waals surface area contributed by atoms with Crippen LogP contribution in [0.4, 0.5) is 0 Å². The summed E-state index contributed by atoms with van der Waals surface area (Å²) in [6.07, 6.45) is -0.00383. The molecule has 0 saturated carbocycles. The molecule has 0 aliphatic rings. The van der Waals surface area contributed by atoms with Crippen LogP contribution in [0.3, 0.4) is 0 Å². The quantitative estimate of drug-likeness (QED) is 0.580. The lowest BCUT2D eigenvalue weighted by atomic mass is 10.3. The predicted octanol–water partition coefficient (Wildman–Crippen LogP) is 0.433. The van der Waals surface area contributed by atoms with Crippen LogP contribution in [0.5, 0.6) is 0 Å². The smallest absolute Gasteiger partial charge is 0.250 e. The summed E-state index contributed by atoms with van der Waals surface area (Å²) in [6, 6.07) is 0. The van der Waals surface area contributed by atoms with Crippen molar-refractivity contribution in [3.05, 3.63) is 0 Å². The van der Waals surface area contributed by atoms with Gasteiger partial charge in [-0.1, -0.05) is 6.92 Å². The summed E-state index contributed by atoms with van der Waals surface area (Å²) >= 11 is 0. The standard InChI is InChI=1S/C10H19NO4/c1-5-9(12)6-11(8(2)15-4)10(13)7-14-3/h8H,5-7H2,1-4H3. The molecule has 0 aromatic carbocycles. The molecule has 0 aliphatic carbocycles. The second-order valence-electron chi connectivity index (χ2n) is 3.18. The van der Waals surface area contributed by atoms with Gasteiger partial charge in [0, 0.05) is 20.6 Å². The maximum absolute atomic E-state index is 11.6. The third-order valence-corrected chi connectivity index (χ3v) is 2.11. The SMILES string of the molecule is CCC(=O)CN(C(=O)COC)C(C)OC. The topological polar surface area (TPSA) is 55.8 Å². The lowest BCUT2D eigenvalue weighted by molar-refractivity contribution is -0.149. The number of carbonyl (C=O) groups excluding carboxylic acids is 2. The van der Waals surface area contributed by atoms with Crippen molar-refractivity contribution in [1.82, 2.24) is 4.90 Å². The van der Waals surface area contributed by atoms with E-state index in [1.54, 1.807) is 13.8 Å². The minimum Gasteiger partial charge on any atom is -0.375 e. The fourth-order valence-electron chi connectivity index (χ4n) is 1.05. The summed E-state index contributed by atoms with van der Waals surface area (Å²) in [6.45, 7) is 3.52. The summed E-state index contributed by atoms with van der Waals surface area (Å²) in [7, 11) is 2.93. The van der Waals surface area contributed by atoms with Gasteiger partial charge in [-0.15, -0.1) is 0 Å². The van der Waals surface area contributed by atoms with Crippen LogP contribution in [0.2, 0.25) is 0 Å². The first kappa shape index (κ1) is 14.1. The monoisotopic (exact) mass is 217 g/mol. The van der Waals surface area contributed by atoms with Gasteiger partial charge in [0.15, 0.2) is 5.78 Å². The highest BCUT2D eigenvalue weighted by atomic mass is 16.5. The van der Waals surface area contributed by atoms with Crippen molar-refractivity contribution in [3.8, 4) is 0 Å². The molecule has 0 aromatic rings. The van der Waals surface area contributed by atoms with E-state index >= 15 is 0 Å². The van der Waals surface area contributed by atoms with Crippen molar-refractivity contribution in [1.29, 1.82) is 0 Å². The van der Waals surface area contributed by atoms with Crippen LogP contribution in [0.25, 0.3) is 0 Å². The van der Waals surface area contributed by atoms with Crippen LogP contribution in [0, 0.1) is 0 Å². The van der Waals surface area contributed by atoms with Gasteiger partial charge in [-0.3, -0.25) is 9.59 Å². The van der Waals surface area contributed by atoms with Crippen molar-refractivity contribution < 1.29 is 19.1 Å². The largest absolute Gasteiger partial charge is 0.375 e. The van der Waals surface area contributed by atoms with Crippen LogP contribution in [0.15, 0.2) is 0 Å². The zero-order chi connectivity index (χ0) is 11.8. The van der Waals surface area contributed by atoms with E-state index in [-0.39, 0.29) is 24.8 Å². The van der Waals surface area contributed by atoms with E-state index in [1.165, 1.54) is 19.1 Å². The third-order valence-electron chi connectivity index (χ3n) is 2.11. The van der Waals surface area contributed by atoms with Gasteiger partial charge in [-0.25, -0.2) is 0 Å². The minimum absolute atomic E-state index is 0.00310. The molecule has 15 heavy (non-hydrogen) atoms. The second kappa shape index (κ2) is 7.36. The number of carbonyl (C=O) groups is 2. The van der Waals surface area contributed by atoms with Gasteiger partial charge in [0.2, 0.25) is 0 Å². The maximum Gasteiger partial charge on any atom is 0.250 e. The molecule has 0 N–H and O–H groups in total. The highest BCUT2D eigenvalue weighted by molar-refractivity contribution is 5.86. The van der Waals surface area contributed by atoms with E-state index in [9.17, 15) is 9.59 Å². The average molecular weight is 217 g/mol. The molecule has 0 rings (SSSR count). The van der Waals surface area contributed by atoms with Gasteiger partial charge in [0.05, 0.1) is 6.54 Å². The molecule has 0 aliphatic heterocycles. The molecular weight excluding hydrogens is 198 g/mol. The van der Waals surface area contributed by atoms with Gasteiger partial charge in [0.1, 0.15) is 12.8 Å². The van der Waals surface area contributed by atoms with Crippen LogP contribution < -0.4 is 0 Å². The predicted molar refractivity (Wildman–Crippen MR) is 55.4 cm³/mol. The molecule has 0 heterocycles. The number of ketones is 1. The van der Waals surface area contributed by atoms with Crippen molar-refractivity contribution >= 4 is 11.7 Å². The van der Waals surface area contributed by atoms with Gasteiger partial charge < -0.3 is 14.4 Å². The van der Waals surface area contributed by atoms with Crippen LogP contribution in [-0.4, -0.2) is 50.2 Å². The third kappa shape index (κ3) is 4.90.